The first-order chi connectivity index (χ1) is 6.52. The zero-order valence-corrected chi connectivity index (χ0v) is 7.58. The molecular formula is C7H13N3O4. The molecule has 5 N–H and O–H groups in total. The minimum absolute atomic E-state index is 0.00254. The molecule has 0 saturated carbocycles. The van der Waals surface area contributed by atoms with Gasteiger partial charge in [-0.2, -0.15) is 0 Å². The Morgan fingerprint density at radius 1 is 1.14 bits per heavy atom. The topological polar surface area (TPSA) is 122 Å². The zero-order chi connectivity index (χ0) is 11.0. The number of hydrogen-bond donors (Lipinski definition) is 4. The lowest BCUT2D eigenvalue weighted by Crippen LogP contribution is -2.36. The number of carboxylic acids is 1. The van der Waals surface area contributed by atoms with Crippen molar-refractivity contribution in [1.29, 1.82) is 0 Å². The second kappa shape index (κ2) is 6.84. The number of aliphatic carboxylic acids is 1. The molecule has 0 bridgehead atoms. The van der Waals surface area contributed by atoms with E-state index >= 15 is 0 Å². The predicted octanol–water partition coefficient (Wildman–Crippen LogP) is -1.36. The Kier molecular flexibility index (Phi) is 6.04. The quantitative estimate of drug-likeness (QED) is 0.397. The standard InChI is InChI=1S/C7H13N3O4/c8-7(14)10-5(11)1-3-9-4-2-6(12)13/h9H,1-4H2,(H,12,13)(H3,8,10,11,14). The van der Waals surface area contributed by atoms with Gasteiger partial charge >= 0.3 is 12.0 Å². The minimum Gasteiger partial charge on any atom is -0.481 e. The molecule has 0 heterocycles. The predicted molar refractivity (Wildman–Crippen MR) is 47.5 cm³/mol. The summed E-state index contributed by atoms with van der Waals surface area (Å²) in [5, 5.41) is 12.9. The van der Waals surface area contributed by atoms with Gasteiger partial charge in [0.05, 0.1) is 6.42 Å². The van der Waals surface area contributed by atoms with Crippen molar-refractivity contribution in [2.45, 2.75) is 12.8 Å². The fourth-order valence-electron chi connectivity index (χ4n) is 0.722. The van der Waals surface area contributed by atoms with Crippen molar-refractivity contribution in [3.8, 4) is 0 Å². The van der Waals surface area contributed by atoms with Gasteiger partial charge < -0.3 is 16.2 Å². The molecule has 0 aromatic carbocycles. The maximum atomic E-state index is 10.8. The Hall–Kier alpha value is -1.63. The maximum absolute atomic E-state index is 10.8. The first-order valence-electron chi connectivity index (χ1n) is 4.04. The lowest BCUT2D eigenvalue weighted by Gasteiger charge is -2.02. The van der Waals surface area contributed by atoms with Gasteiger partial charge in [0.1, 0.15) is 0 Å². The van der Waals surface area contributed by atoms with Crippen molar-refractivity contribution in [2.75, 3.05) is 13.1 Å². The van der Waals surface area contributed by atoms with Gasteiger partial charge in [0.25, 0.3) is 0 Å². The molecule has 0 aliphatic rings. The molecule has 80 valence electrons. The van der Waals surface area contributed by atoms with Crippen LogP contribution < -0.4 is 16.4 Å². The molecule has 0 fully saturated rings. The number of imide groups is 1. The number of amides is 3. The molecule has 7 nitrogen and oxygen atoms in total. The summed E-state index contributed by atoms with van der Waals surface area (Å²) in [4.78, 5) is 31.0. The van der Waals surface area contributed by atoms with Gasteiger partial charge in [-0.25, -0.2) is 4.79 Å². The smallest absolute Gasteiger partial charge is 0.318 e. The van der Waals surface area contributed by atoms with Gasteiger partial charge in [-0.1, -0.05) is 0 Å². The third kappa shape index (κ3) is 8.47. The van der Waals surface area contributed by atoms with E-state index < -0.39 is 17.9 Å². The van der Waals surface area contributed by atoms with E-state index in [1.165, 1.54) is 0 Å². The van der Waals surface area contributed by atoms with Crippen LogP contribution in [0.15, 0.2) is 0 Å². The van der Waals surface area contributed by atoms with Crippen LogP contribution in [0.25, 0.3) is 0 Å². The van der Waals surface area contributed by atoms with Gasteiger partial charge in [-0.15, -0.1) is 0 Å². The number of nitrogens with one attached hydrogen (secondary N) is 2. The second-order valence-corrected chi connectivity index (χ2v) is 2.56. The van der Waals surface area contributed by atoms with E-state index in [0.29, 0.717) is 13.1 Å². The molecular weight excluding hydrogens is 190 g/mol. The zero-order valence-electron chi connectivity index (χ0n) is 7.58. The molecule has 0 saturated heterocycles. The lowest BCUT2D eigenvalue weighted by atomic mass is 10.3. The Morgan fingerprint density at radius 2 is 1.71 bits per heavy atom. The van der Waals surface area contributed by atoms with Crippen LogP contribution in [0, 0.1) is 0 Å². The Balaban J connectivity index is 3.32. The molecule has 0 aromatic rings. The molecule has 0 atom stereocenters. The van der Waals surface area contributed by atoms with E-state index in [2.05, 4.69) is 5.32 Å². The average molecular weight is 203 g/mol. The SMILES string of the molecule is NC(=O)NC(=O)CCNCCC(=O)O. The summed E-state index contributed by atoms with van der Waals surface area (Å²) in [6, 6.07) is -0.888. The van der Waals surface area contributed by atoms with Crippen LogP contribution in [-0.2, 0) is 9.59 Å². The molecule has 14 heavy (non-hydrogen) atoms. The summed E-state index contributed by atoms with van der Waals surface area (Å²) < 4.78 is 0. The summed E-state index contributed by atoms with van der Waals surface area (Å²) in [6.45, 7) is 0.603. The highest BCUT2D eigenvalue weighted by Crippen LogP contribution is 1.79. The number of carbonyl (C=O) groups is 3. The van der Waals surface area contributed by atoms with Gasteiger partial charge in [0, 0.05) is 19.5 Å². The van der Waals surface area contributed by atoms with Crippen LogP contribution in [0.5, 0.6) is 0 Å². The summed E-state index contributed by atoms with van der Waals surface area (Å²) in [7, 11) is 0. The monoisotopic (exact) mass is 203 g/mol. The third-order valence-corrected chi connectivity index (χ3v) is 1.31. The third-order valence-electron chi connectivity index (χ3n) is 1.31. The number of primary amides is 1. The highest BCUT2D eigenvalue weighted by Gasteiger charge is 2.03. The largest absolute Gasteiger partial charge is 0.481 e. The van der Waals surface area contributed by atoms with Gasteiger partial charge in [-0.3, -0.25) is 14.9 Å². The van der Waals surface area contributed by atoms with E-state index in [-0.39, 0.29) is 12.8 Å². The second-order valence-electron chi connectivity index (χ2n) is 2.56. The summed E-state index contributed by atoms with van der Waals surface area (Å²) in [5.41, 5.74) is 4.69. The summed E-state index contributed by atoms with van der Waals surface area (Å²) >= 11 is 0. The molecule has 0 spiro atoms. The molecule has 0 aliphatic heterocycles. The normalized spacial score (nSPS) is 9.43. The van der Waals surface area contributed by atoms with Crippen molar-refractivity contribution >= 4 is 17.9 Å². The van der Waals surface area contributed by atoms with Gasteiger partial charge in [0.15, 0.2) is 0 Å². The average Bonchev–Trinajstić information content (AvgIpc) is 2.01. The van der Waals surface area contributed by atoms with Crippen molar-refractivity contribution in [3.63, 3.8) is 0 Å². The van der Waals surface area contributed by atoms with Crippen LogP contribution in [0.4, 0.5) is 4.79 Å². The highest BCUT2D eigenvalue weighted by atomic mass is 16.4. The molecule has 0 unspecified atom stereocenters. The van der Waals surface area contributed by atoms with E-state index in [1.807, 2.05) is 5.32 Å². The van der Waals surface area contributed by atoms with Gasteiger partial charge in [-0.05, 0) is 0 Å². The number of hydrogen-bond acceptors (Lipinski definition) is 4. The van der Waals surface area contributed by atoms with Crippen molar-refractivity contribution in [2.24, 2.45) is 5.73 Å². The number of nitrogens with two attached hydrogens (primary N) is 1. The Bertz CT molecular complexity index is 229. The van der Waals surface area contributed by atoms with Crippen LogP contribution in [0.3, 0.4) is 0 Å². The molecule has 0 radical (unpaired) electrons. The van der Waals surface area contributed by atoms with Crippen LogP contribution in [0.1, 0.15) is 12.8 Å². The number of rotatable bonds is 6. The maximum Gasteiger partial charge on any atom is 0.318 e. The fourth-order valence-corrected chi connectivity index (χ4v) is 0.722. The number of urea groups is 1. The minimum atomic E-state index is -0.904. The highest BCUT2D eigenvalue weighted by molar-refractivity contribution is 5.93. The molecule has 0 aromatic heterocycles. The van der Waals surface area contributed by atoms with E-state index in [9.17, 15) is 14.4 Å². The summed E-state index contributed by atoms with van der Waals surface area (Å²) in [5.74, 6) is -1.39. The van der Waals surface area contributed by atoms with E-state index in [0.717, 1.165) is 0 Å². The fraction of sp³-hybridized carbons (Fsp3) is 0.571. The lowest BCUT2D eigenvalue weighted by molar-refractivity contribution is -0.136. The summed E-state index contributed by atoms with van der Waals surface area (Å²) in [6.07, 6.45) is 0.0833. The van der Waals surface area contributed by atoms with E-state index in [1.54, 1.807) is 0 Å². The first-order valence-corrected chi connectivity index (χ1v) is 4.04. The number of carboxylic acid groups (broad SMARTS) is 1. The first kappa shape index (κ1) is 12.4. The molecule has 0 rings (SSSR count). The Labute approximate surface area is 80.6 Å². The molecule has 3 amide bonds. The van der Waals surface area contributed by atoms with Crippen molar-refractivity contribution in [1.82, 2.24) is 10.6 Å². The van der Waals surface area contributed by atoms with Crippen LogP contribution >= 0.6 is 0 Å². The van der Waals surface area contributed by atoms with Crippen molar-refractivity contribution in [3.05, 3.63) is 0 Å². The Morgan fingerprint density at radius 3 is 2.21 bits per heavy atom. The van der Waals surface area contributed by atoms with Gasteiger partial charge in [0.2, 0.25) is 5.91 Å². The number of carbonyl (C=O) groups excluding carboxylic acids is 2. The molecule has 7 heteroatoms. The molecule has 0 aliphatic carbocycles. The van der Waals surface area contributed by atoms with Crippen LogP contribution in [0.2, 0.25) is 0 Å². The van der Waals surface area contributed by atoms with Crippen LogP contribution in [-0.4, -0.2) is 36.1 Å². The van der Waals surface area contributed by atoms with Crippen molar-refractivity contribution < 1.29 is 19.5 Å². The van der Waals surface area contributed by atoms with E-state index in [4.69, 9.17) is 10.8 Å².